The second-order valence-electron chi connectivity index (χ2n) is 5.62. The van der Waals surface area contributed by atoms with Crippen molar-refractivity contribution in [3.05, 3.63) is 29.1 Å². The standard InChI is InChI=1S/C16H17ClN2O3/c1-9-6-11(16(21)22-2)7-12-14(9)18-13(8-17)19(12)15(20)10-4-3-5-10/h6-7,10H,3-5,8H2,1-2H3. The number of esters is 1. The number of aromatic nitrogens is 2. The van der Waals surface area contributed by atoms with E-state index in [9.17, 15) is 9.59 Å². The molecule has 1 aliphatic rings. The van der Waals surface area contributed by atoms with Gasteiger partial charge in [-0.3, -0.25) is 9.36 Å². The summed E-state index contributed by atoms with van der Waals surface area (Å²) in [5, 5.41) is 0. The molecule has 1 heterocycles. The Morgan fingerprint density at radius 3 is 2.68 bits per heavy atom. The second-order valence-corrected chi connectivity index (χ2v) is 5.88. The number of methoxy groups -OCH3 is 1. The molecule has 0 unspecified atom stereocenters. The van der Waals surface area contributed by atoms with Gasteiger partial charge in [0.05, 0.1) is 29.6 Å². The van der Waals surface area contributed by atoms with Gasteiger partial charge in [-0.2, -0.15) is 0 Å². The van der Waals surface area contributed by atoms with Gasteiger partial charge in [0.2, 0.25) is 5.91 Å². The Bertz CT molecular complexity index is 762. The maximum atomic E-state index is 12.7. The van der Waals surface area contributed by atoms with E-state index in [2.05, 4.69) is 4.98 Å². The summed E-state index contributed by atoms with van der Waals surface area (Å²) >= 11 is 5.97. The van der Waals surface area contributed by atoms with Gasteiger partial charge in [-0.05, 0) is 37.5 Å². The lowest BCUT2D eigenvalue weighted by molar-refractivity contribution is 0.0600. The van der Waals surface area contributed by atoms with Crippen molar-refractivity contribution >= 4 is 34.5 Å². The molecule has 22 heavy (non-hydrogen) atoms. The molecule has 6 heteroatoms. The van der Waals surface area contributed by atoms with Crippen molar-refractivity contribution in [2.24, 2.45) is 5.92 Å². The number of imidazole rings is 1. The Morgan fingerprint density at radius 1 is 1.41 bits per heavy atom. The molecule has 0 atom stereocenters. The first-order valence-electron chi connectivity index (χ1n) is 7.27. The summed E-state index contributed by atoms with van der Waals surface area (Å²) in [5.41, 5.74) is 2.57. The van der Waals surface area contributed by atoms with Crippen LogP contribution in [0.2, 0.25) is 0 Å². The first-order valence-corrected chi connectivity index (χ1v) is 7.80. The molecule has 0 amide bonds. The molecule has 116 valence electrons. The van der Waals surface area contributed by atoms with Gasteiger partial charge < -0.3 is 4.74 Å². The van der Waals surface area contributed by atoms with Gasteiger partial charge in [0.25, 0.3) is 0 Å². The number of carbonyl (C=O) groups excluding carboxylic acids is 2. The van der Waals surface area contributed by atoms with Crippen LogP contribution in [0.1, 0.15) is 45.8 Å². The molecule has 1 fully saturated rings. The number of hydrogen-bond donors (Lipinski definition) is 0. The second kappa shape index (κ2) is 5.72. The third kappa shape index (κ3) is 2.29. The average Bonchev–Trinajstić information content (AvgIpc) is 2.83. The molecule has 5 nitrogen and oxygen atoms in total. The summed E-state index contributed by atoms with van der Waals surface area (Å²) in [6.07, 6.45) is 2.87. The molecule has 1 saturated carbocycles. The van der Waals surface area contributed by atoms with E-state index < -0.39 is 5.97 Å². The van der Waals surface area contributed by atoms with Crippen molar-refractivity contribution in [1.29, 1.82) is 0 Å². The normalized spacial score (nSPS) is 14.9. The quantitative estimate of drug-likeness (QED) is 0.643. The minimum absolute atomic E-state index is 0.0193. The van der Waals surface area contributed by atoms with E-state index in [0.29, 0.717) is 22.4 Å². The minimum Gasteiger partial charge on any atom is -0.465 e. The average molecular weight is 321 g/mol. The summed E-state index contributed by atoms with van der Waals surface area (Å²) < 4.78 is 6.35. The maximum Gasteiger partial charge on any atom is 0.337 e. The van der Waals surface area contributed by atoms with E-state index in [1.165, 1.54) is 7.11 Å². The Kier molecular flexibility index (Phi) is 3.91. The molecule has 1 aromatic heterocycles. The van der Waals surface area contributed by atoms with Crippen molar-refractivity contribution in [3.8, 4) is 0 Å². The number of rotatable bonds is 3. The predicted molar refractivity (Wildman–Crippen MR) is 83.3 cm³/mol. The molecule has 1 aliphatic carbocycles. The Balaban J connectivity index is 2.21. The fourth-order valence-corrected chi connectivity index (χ4v) is 2.98. The third-order valence-electron chi connectivity index (χ3n) is 4.24. The van der Waals surface area contributed by atoms with Gasteiger partial charge in [-0.15, -0.1) is 11.6 Å². The van der Waals surface area contributed by atoms with Gasteiger partial charge in [-0.1, -0.05) is 6.42 Å². The van der Waals surface area contributed by atoms with Crippen LogP contribution in [0.25, 0.3) is 11.0 Å². The predicted octanol–water partition coefficient (Wildman–Crippen LogP) is 3.31. The number of alkyl halides is 1. The highest BCUT2D eigenvalue weighted by molar-refractivity contribution is 6.17. The van der Waals surface area contributed by atoms with Crippen molar-refractivity contribution in [1.82, 2.24) is 9.55 Å². The first kappa shape index (κ1) is 15.0. The zero-order valence-corrected chi connectivity index (χ0v) is 13.3. The number of ether oxygens (including phenoxy) is 1. The molecule has 2 aromatic rings. The van der Waals surface area contributed by atoms with E-state index in [1.54, 1.807) is 16.7 Å². The van der Waals surface area contributed by atoms with Crippen LogP contribution in [-0.2, 0) is 10.6 Å². The number of aryl methyl sites for hydroxylation is 1. The smallest absolute Gasteiger partial charge is 0.337 e. The summed E-state index contributed by atoms with van der Waals surface area (Å²) in [5.74, 6) is 0.298. The first-order chi connectivity index (χ1) is 10.6. The summed E-state index contributed by atoms with van der Waals surface area (Å²) in [6, 6.07) is 3.38. The lowest BCUT2D eigenvalue weighted by atomic mass is 9.84. The van der Waals surface area contributed by atoms with Crippen molar-refractivity contribution < 1.29 is 14.3 Å². The Labute approximate surface area is 133 Å². The Morgan fingerprint density at radius 2 is 2.14 bits per heavy atom. The summed E-state index contributed by atoms with van der Waals surface area (Å²) in [6.45, 7) is 1.86. The molecular weight excluding hydrogens is 304 g/mol. The van der Waals surface area contributed by atoms with E-state index >= 15 is 0 Å². The molecule has 0 saturated heterocycles. The van der Waals surface area contributed by atoms with Gasteiger partial charge in [0.15, 0.2) is 0 Å². The van der Waals surface area contributed by atoms with Crippen molar-refractivity contribution in [2.75, 3.05) is 7.11 Å². The van der Waals surface area contributed by atoms with Gasteiger partial charge in [0, 0.05) is 5.92 Å². The summed E-state index contributed by atoms with van der Waals surface area (Å²) in [4.78, 5) is 29.0. The molecule has 0 bridgehead atoms. The van der Waals surface area contributed by atoms with Crippen LogP contribution in [-0.4, -0.2) is 28.5 Å². The SMILES string of the molecule is COC(=O)c1cc(C)c2nc(CCl)n(C(=O)C3CCC3)c2c1. The largest absolute Gasteiger partial charge is 0.465 e. The lowest BCUT2D eigenvalue weighted by Gasteiger charge is -2.24. The van der Waals surface area contributed by atoms with Crippen LogP contribution in [0, 0.1) is 12.8 Å². The molecule has 0 radical (unpaired) electrons. The zero-order chi connectivity index (χ0) is 15.9. The van der Waals surface area contributed by atoms with Gasteiger partial charge in [-0.25, -0.2) is 9.78 Å². The van der Waals surface area contributed by atoms with Crippen LogP contribution in [0.3, 0.4) is 0 Å². The van der Waals surface area contributed by atoms with Gasteiger partial charge in [0.1, 0.15) is 5.82 Å². The van der Waals surface area contributed by atoms with Crippen molar-refractivity contribution in [2.45, 2.75) is 32.1 Å². The van der Waals surface area contributed by atoms with E-state index in [4.69, 9.17) is 16.3 Å². The van der Waals surface area contributed by atoms with Crippen LogP contribution in [0.5, 0.6) is 0 Å². The van der Waals surface area contributed by atoms with Crippen LogP contribution in [0.15, 0.2) is 12.1 Å². The molecule has 3 rings (SSSR count). The minimum atomic E-state index is -0.429. The highest BCUT2D eigenvalue weighted by Crippen LogP contribution is 2.31. The lowest BCUT2D eigenvalue weighted by Crippen LogP contribution is -2.28. The maximum absolute atomic E-state index is 12.7. The topological polar surface area (TPSA) is 61.2 Å². The third-order valence-corrected chi connectivity index (χ3v) is 4.47. The fourth-order valence-electron chi connectivity index (χ4n) is 2.80. The van der Waals surface area contributed by atoms with E-state index in [0.717, 1.165) is 24.8 Å². The molecular formula is C16H17ClN2O3. The highest BCUT2D eigenvalue weighted by atomic mass is 35.5. The number of benzene rings is 1. The number of hydrogen-bond acceptors (Lipinski definition) is 4. The molecule has 0 N–H and O–H groups in total. The Hall–Kier alpha value is -1.88. The monoisotopic (exact) mass is 320 g/mol. The number of halogens is 1. The number of nitrogens with zero attached hydrogens (tertiary/aromatic N) is 2. The van der Waals surface area contributed by atoms with Crippen LogP contribution in [0.4, 0.5) is 0 Å². The number of fused-ring (bicyclic) bond motifs is 1. The fraction of sp³-hybridized carbons (Fsp3) is 0.438. The molecule has 0 aliphatic heterocycles. The van der Waals surface area contributed by atoms with Crippen LogP contribution >= 0.6 is 11.6 Å². The summed E-state index contributed by atoms with van der Waals surface area (Å²) in [7, 11) is 1.34. The van der Waals surface area contributed by atoms with E-state index in [1.807, 2.05) is 6.92 Å². The van der Waals surface area contributed by atoms with E-state index in [-0.39, 0.29) is 17.7 Å². The van der Waals surface area contributed by atoms with Gasteiger partial charge >= 0.3 is 5.97 Å². The highest BCUT2D eigenvalue weighted by Gasteiger charge is 2.30. The molecule has 0 spiro atoms. The number of carbonyl (C=O) groups is 2. The van der Waals surface area contributed by atoms with Crippen LogP contribution < -0.4 is 0 Å². The molecule has 1 aromatic carbocycles. The zero-order valence-electron chi connectivity index (χ0n) is 12.6. The van der Waals surface area contributed by atoms with Crippen molar-refractivity contribution in [3.63, 3.8) is 0 Å².